The van der Waals surface area contributed by atoms with E-state index in [1.54, 1.807) is 0 Å². The molecule has 0 aromatic carbocycles. The van der Waals surface area contributed by atoms with Gasteiger partial charge in [-0.15, -0.1) is 0 Å². The number of piperidine rings is 1. The van der Waals surface area contributed by atoms with Crippen molar-refractivity contribution in [1.29, 1.82) is 0 Å². The maximum absolute atomic E-state index is 12.2. The molecule has 0 aromatic heterocycles. The van der Waals surface area contributed by atoms with E-state index in [9.17, 15) is 4.79 Å². The lowest BCUT2D eigenvalue weighted by atomic mass is 9.96. The quantitative estimate of drug-likeness (QED) is 0.772. The molecular weight excluding hydrogens is 212 g/mol. The lowest BCUT2D eigenvalue weighted by Gasteiger charge is -2.31. The third-order valence-electron chi connectivity index (χ3n) is 3.78. The van der Waals surface area contributed by atoms with Gasteiger partial charge in [0.1, 0.15) is 0 Å². The van der Waals surface area contributed by atoms with Crippen LogP contribution in [0.1, 0.15) is 46.5 Å². The van der Waals surface area contributed by atoms with Crippen LogP contribution in [-0.4, -0.2) is 37.0 Å². The number of nitrogens with one attached hydrogen (secondary N) is 1. The number of carbonyl (C=O) groups is 1. The maximum atomic E-state index is 12.2. The van der Waals surface area contributed by atoms with Gasteiger partial charge in [-0.2, -0.15) is 0 Å². The Morgan fingerprint density at radius 3 is 2.53 bits per heavy atom. The number of rotatable bonds is 6. The minimum atomic E-state index is 0.184. The van der Waals surface area contributed by atoms with Crippen LogP contribution in [0.2, 0.25) is 0 Å². The van der Waals surface area contributed by atoms with Crippen molar-refractivity contribution >= 4 is 5.91 Å². The van der Waals surface area contributed by atoms with Crippen LogP contribution in [0, 0.1) is 11.8 Å². The van der Waals surface area contributed by atoms with Gasteiger partial charge in [-0.05, 0) is 44.7 Å². The number of hydrogen-bond donors (Lipinski definition) is 1. The topological polar surface area (TPSA) is 32.3 Å². The molecule has 1 fully saturated rings. The van der Waals surface area contributed by atoms with Gasteiger partial charge in [0, 0.05) is 19.0 Å². The fraction of sp³-hybridized carbons (Fsp3) is 0.929. The Hall–Kier alpha value is -0.570. The zero-order valence-corrected chi connectivity index (χ0v) is 11.7. The van der Waals surface area contributed by atoms with E-state index >= 15 is 0 Å². The molecule has 0 aliphatic carbocycles. The Bertz CT molecular complexity index is 224. The van der Waals surface area contributed by atoms with Crippen molar-refractivity contribution in [3.05, 3.63) is 0 Å². The van der Waals surface area contributed by atoms with E-state index in [1.165, 1.54) is 12.8 Å². The predicted molar refractivity (Wildman–Crippen MR) is 71.9 cm³/mol. The minimum absolute atomic E-state index is 0.184. The summed E-state index contributed by atoms with van der Waals surface area (Å²) < 4.78 is 0. The molecule has 1 heterocycles. The normalized spacial score (nSPS) is 19.0. The molecule has 100 valence electrons. The number of hydrogen-bond acceptors (Lipinski definition) is 2. The SMILES string of the molecule is CCCN(CC1CCNCC1)C(=O)C(C)CC. The molecule has 0 bridgehead atoms. The van der Waals surface area contributed by atoms with Gasteiger partial charge >= 0.3 is 0 Å². The summed E-state index contributed by atoms with van der Waals surface area (Å²) in [6.07, 6.45) is 4.44. The summed E-state index contributed by atoms with van der Waals surface area (Å²) in [6.45, 7) is 10.4. The molecule has 1 amide bonds. The van der Waals surface area contributed by atoms with Crippen molar-refractivity contribution in [2.24, 2.45) is 11.8 Å². The van der Waals surface area contributed by atoms with Crippen LogP contribution in [-0.2, 0) is 4.79 Å². The summed E-state index contributed by atoms with van der Waals surface area (Å²) in [6, 6.07) is 0. The Morgan fingerprint density at radius 1 is 1.35 bits per heavy atom. The minimum Gasteiger partial charge on any atom is -0.342 e. The van der Waals surface area contributed by atoms with E-state index < -0.39 is 0 Å². The van der Waals surface area contributed by atoms with E-state index in [-0.39, 0.29) is 5.92 Å². The third kappa shape index (κ3) is 4.66. The van der Waals surface area contributed by atoms with Crippen molar-refractivity contribution in [2.75, 3.05) is 26.2 Å². The molecule has 0 aromatic rings. The Labute approximate surface area is 106 Å². The van der Waals surface area contributed by atoms with Crippen LogP contribution in [0.15, 0.2) is 0 Å². The lowest BCUT2D eigenvalue weighted by molar-refractivity contribution is -0.135. The van der Waals surface area contributed by atoms with Crippen LogP contribution in [0.3, 0.4) is 0 Å². The van der Waals surface area contributed by atoms with Crippen molar-refractivity contribution < 1.29 is 4.79 Å². The second kappa shape index (κ2) is 7.70. The summed E-state index contributed by atoms with van der Waals surface area (Å²) in [5.74, 6) is 1.24. The number of amides is 1. The fourth-order valence-corrected chi connectivity index (χ4v) is 2.42. The van der Waals surface area contributed by atoms with Crippen LogP contribution in [0.5, 0.6) is 0 Å². The highest BCUT2D eigenvalue weighted by molar-refractivity contribution is 5.78. The predicted octanol–water partition coefficient (Wildman–Crippen LogP) is 2.27. The highest BCUT2D eigenvalue weighted by Crippen LogP contribution is 2.16. The van der Waals surface area contributed by atoms with Gasteiger partial charge in [0.25, 0.3) is 0 Å². The molecule has 0 radical (unpaired) electrons. The molecule has 1 N–H and O–H groups in total. The Kier molecular flexibility index (Phi) is 6.56. The van der Waals surface area contributed by atoms with E-state index in [4.69, 9.17) is 0 Å². The van der Waals surface area contributed by atoms with Crippen molar-refractivity contribution in [3.8, 4) is 0 Å². The molecular formula is C14H28N2O. The van der Waals surface area contributed by atoms with Crippen LogP contribution < -0.4 is 5.32 Å². The highest BCUT2D eigenvalue weighted by atomic mass is 16.2. The monoisotopic (exact) mass is 240 g/mol. The zero-order valence-electron chi connectivity index (χ0n) is 11.7. The first kappa shape index (κ1) is 14.5. The molecule has 1 aliphatic heterocycles. The average Bonchev–Trinajstić information content (AvgIpc) is 2.37. The highest BCUT2D eigenvalue weighted by Gasteiger charge is 2.22. The molecule has 3 nitrogen and oxygen atoms in total. The van der Waals surface area contributed by atoms with Crippen molar-refractivity contribution in [3.63, 3.8) is 0 Å². The van der Waals surface area contributed by atoms with Crippen molar-refractivity contribution in [1.82, 2.24) is 10.2 Å². The van der Waals surface area contributed by atoms with Gasteiger partial charge in [-0.3, -0.25) is 4.79 Å². The van der Waals surface area contributed by atoms with E-state index in [0.29, 0.717) is 11.8 Å². The molecule has 3 heteroatoms. The molecule has 1 saturated heterocycles. The van der Waals surface area contributed by atoms with Gasteiger partial charge in [0.2, 0.25) is 5.91 Å². The van der Waals surface area contributed by atoms with Crippen LogP contribution in [0.4, 0.5) is 0 Å². The van der Waals surface area contributed by atoms with Crippen molar-refractivity contribution in [2.45, 2.75) is 46.5 Å². The van der Waals surface area contributed by atoms with E-state index in [2.05, 4.69) is 24.1 Å². The first-order chi connectivity index (χ1) is 8.19. The molecule has 1 aliphatic rings. The maximum Gasteiger partial charge on any atom is 0.225 e. The van der Waals surface area contributed by atoms with Gasteiger partial charge in [0.05, 0.1) is 0 Å². The molecule has 1 unspecified atom stereocenters. The second-order valence-corrected chi connectivity index (χ2v) is 5.29. The lowest BCUT2D eigenvalue weighted by Crippen LogP contribution is -2.41. The van der Waals surface area contributed by atoms with Gasteiger partial charge in [-0.1, -0.05) is 20.8 Å². The van der Waals surface area contributed by atoms with Gasteiger partial charge in [0.15, 0.2) is 0 Å². The molecule has 0 saturated carbocycles. The van der Waals surface area contributed by atoms with Crippen LogP contribution in [0.25, 0.3) is 0 Å². The summed E-state index contributed by atoms with van der Waals surface area (Å²) in [5.41, 5.74) is 0. The first-order valence-electron chi connectivity index (χ1n) is 7.18. The standard InChI is InChI=1S/C14H28N2O/c1-4-10-16(14(17)12(3)5-2)11-13-6-8-15-9-7-13/h12-13,15H,4-11H2,1-3H3. The molecule has 0 spiro atoms. The fourth-order valence-electron chi connectivity index (χ4n) is 2.42. The molecule has 1 atom stereocenters. The average molecular weight is 240 g/mol. The van der Waals surface area contributed by atoms with E-state index in [0.717, 1.165) is 39.0 Å². The molecule has 1 rings (SSSR count). The first-order valence-corrected chi connectivity index (χ1v) is 7.18. The second-order valence-electron chi connectivity index (χ2n) is 5.29. The summed E-state index contributed by atoms with van der Waals surface area (Å²) >= 11 is 0. The summed E-state index contributed by atoms with van der Waals surface area (Å²) in [7, 11) is 0. The Morgan fingerprint density at radius 2 is 2.00 bits per heavy atom. The van der Waals surface area contributed by atoms with Gasteiger partial charge < -0.3 is 10.2 Å². The Balaban J connectivity index is 2.48. The van der Waals surface area contributed by atoms with Crippen LogP contribution >= 0.6 is 0 Å². The number of nitrogens with zero attached hydrogens (tertiary/aromatic N) is 1. The third-order valence-corrected chi connectivity index (χ3v) is 3.78. The van der Waals surface area contributed by atoms with Gasteiger partial charge in [-0.25, -0.2) is 0 Å². The summed E-state index contributed by atoms with van der Waals surface area (Å²) in [5, 5.41) is 3.38. The largest absolute Gasteiger partial charge is 0.342 e. The zero-order chi connectivity index (χ0) is 12.7. The summed E-state index contributed by atoms with van der Waals surface area (Å²) in [4.78, 5) is 14.3. The molecule has 17 heavy (non-hydrogen) atoms. The number of carbonyl (C=O) groups excluding carboxylic acids is 1. The smallest absolute Gasteiger partial charge is 0.225 e. The van der Waals surface area contributed by atoms with E-state index in [1.807, 2.05) is 6.92 Å².